The summed E-state index contributed by atoms with van der Waals surface area (Å²) in [7, 11) is 1.70. The Morgan fingerprint density at radius 3 is 3.00 bits per heavy atom. The zero-order valence-corrected chi connectivity index (χ0v) is 10.4. The average molecular weight is 235 g/mol. The molecule has 1 unspecified atom stereocenters. The van der Waals surface area contributed by atoms with E-state index < -0.39 is 0 Å². The number of nitrogens with one attached hydrogen (secondary N) is 1. The average Bonchev–Trinajstić information content (AvgIpc) is 2.65. The van der Waals surface area contributed by atoms with Gasteiger partial charge in [0.2, 0.25) is 0 Å². The zero-order chi connectivity index (χ0) is 11.9. The van der Waals surface area contributed by atoms with Crippen LogP contribution in [0.25, 0.3) is 0 Å². The minimum absolute atomic E-state index is 0.384. The lowest BCUT2D eigenvalue weighted by molar-refractivity contribution is 0.0321. The second-order valence-electron chi connectivity index (χ2n) is 4.43. The molecule has 2 rings (SSSR count). The van der Waals surface area contributed by atoms with Gasteiger partial charge in [0, 0.05) is 5.56 Å². The topological polar surface area (TPSA) is 30.5 Å². The molecule has 3 nitrogen and oxygen atoms in total. The lowest BCUT2D eigenvalue weighted by Crippen LogP contribution is -2.17. The van der Waals surface area contributed by atoms with Crippen LogP contribution in [-0.2, 0) is 11.3 Å². The molecule has 1 atom stereocenters. The largest absolute Gasteiger partial charge is 0.496 e. The predicted octanol–water partition coefficient (Wildman–Crippen LogP) is 2.35. The summed E-state index contributed by atoms with van der Waals surface area (Å²) in [4.78, 5) is 0. The molecule has 1 fully saturated rings. The Hall–Kier alpha value is -1.06. The molecule has 1 aromatic rings. The zero-order valence-electron chi connectivity index (χ0n) is 10.4. The van der Waals surface area contributed by atoms with Crippen molar-refractivity contribution in [2.75, 3.05) is 20.2 Å². The summed E-state index contributed by atoms with van der Waals surface area (Å²) in [5, 5.41) is 3.39. The molecule has 1 aliphatic heterocycles. The van der Waals surface area contributed by atoms with Gasteiger partial charge in [0.1, 0.15) is 5.75 Å². The number of ether oxygens (including phenoxy) is 2. The van der Waals surface area contributed by atoms with Crippen LogP contribution in [0.3, 0.4) is 0 Å². The highest BCUT2D eigenvalue weighted by atomic mass is 16.5. The van der Waals surface area contributed by atoms with Gasteiger partial charge in [-0.05, 0) is 38.4 Å². The lowest BCUT2D eigenvalue weighted by Gasteiger charge is -2.16. The third-order valence-electron chi connectivity index (χ3n) is 3.19. The standard InChI is InChI=1S/C14H21NO2/c1-16-14-7-3-2-5-12(14)11-17-13-6-4-9-15-10-8-13/h2-3,5,7,13,15H,4,6,8-11H2,1H3. The number of para-hydroxylation sites is 1. The van der Waals surface area contributed by atoms with Crippen molar-refractivity contribution in [3.05, 3.63) is 29.8 Å². The molecule has 0 radical (unpaired) electrons. The van der Waals surface area contributed by atoms with E-state index in [1.54, 1.807) is 7.11 Å². The Morgan fingerprint density at radius 2 is 2.12 bits per heavy atom. The van der Waals surface area contributed by atoms with Gasteiger partial charge in [-0.3, -0.25) is 0 Å². The van der Waals surface area contributed by atoms with Gasteiger partial charge in [-0.25, -0.2) is 0 Å². The van der Waals surface area contributed by atoms with Crippen molar-refractivity contribution in [1.29, 1.82) is 0 Å². The molecule has 0 aliphatic carbocycles. The first-order valence-electron chi connectivity index (χ1n) is 6.34. The highest BCUT2D eigenvalue weighted by Gasteiger charge is 2.13. The number of hydrogen-bond acceptors (Lipinski definition) is 3. The van der Waals surface area contributed by atoms with Gasteiger partial charge < -0.3 is 14.8 Å². The molecule has 1 aliphatic rings. The molecule has 1 heterocycles. The van der Waals surface area contributed by atoms with E-state index in [1.165, 1.54) is 6.42 Å². The minimum Gasteiger partial charge on any atom is -0.496 e. The quantitative estimate of drug-likeness (QED) is 0.869. The van der Waals surface area contributed by atoms with Crippen LogP contribution in [-0.4, -0.2) is 26.3 Å². The van der Waals surface area contributed by atoms with Crippen molar-refractivity contribution < 1.29 is 9.47 Å². The van der Waals surface area contributed by atoms with E-state index in [2.05, 4.69) is 11.4 Å². The molecular formula is C14H21NO2. The molecule has 17 heavy (non-hydrogen) atoms. The predicted molar refractivity (Wildman–Crippen MR) is 68.3 cm³/mol. The Labute approximate surface area is 103 Å². The summed E-state index contributed by atoms with van der Waals surface area (Å²) in [6.45, 7) is 2.83. The molecule has 0 spiro atoms. The van der Waals surface area contributed by atoms with Crippen molar-refractivity contribution in [3.63, 3.8) is 0 Å². The monoisotopic (exact) mass is 235 g/mol. The third kappa shape index (κ3) is 3.72. The first-order chi connectivity index (χ1) is 8.40. The van der Waals surface area contributed by atoms with Gasteiger partial charge in [0.15, 0.2) is 0 Å². The molecule has 3 heteroatoms. The van der Waals surface area contributed by atoms with Gasteiger partial charge in [-0.1, -0.05) is 18.2 Å². The molecule has 0 bridgehead atoms. The SMILES string of the molecule is COc1ccccc1COC1CCCNCC1. The first kappa shape index (κ1) is 12.4. The van der Waals surface area contributed by atoms with Crippen molar-refractivity contribution >= 4 is 0 Å². The van der Waals surface area contributed by atoms with Gasteiger partial charge in [0.25, 0.3) is 0 Å². The molecular weight excluding hydrogens is 214 g/mol. The summed E-state index contributed by atoms with van der Waals surface area (Å²) < 4.78 is 11.3. The van der Waals surface area contributed by atoms with Crippen LogP contribution in [0.2, 0.25) is 0 Å². The molecule has 0 amide bonds. The fourth-order valence-electron chi connectivity index (χ4n) is 2.18. The third-order valence-corrected chi connectivity index (χ3v) is 3.19. The van der Waals surface area contributed by atoms with Gasteiger partial charge in [-0.2, -0.15) is 0 Å². The fourth-order valence-corrected chi connectivity index (χ4v) is 2.18. The van der Waals surface area contributed by atoms with Crippen LogP contribution in [0.4, 0.5) is 0 Å². The number of benzene rings is 1. The molecule has 0 aromatic heterocycles. The Bertz CT molecular complexity index is 333. The van der Waals surface area contributed by atoms with Crippen LogP contribution in [0.5, 0.6) is 5.75 Å². The van der Waals surface area contributed by atoms with Crippen molar-refractivity contribution in [1.82, 2.24) is 5.32 Å². The molecule has 1 saturated heterocycles. The van der Waals surface area contributed by atoms with E-state index in [0.29, 0.717) is 12.7 Å². The maximum Gasteiger partial charge on any atom is 0.124 e. The minimum atomic E-state index is 0.384. The summed E-state index contributed by atoms with van der Waals surface area (Å²) >= 11 is 0. The lowest BCUT2D eigenvalue weighted by atomic mass is 10.1. The van der Waals surface area contributed by atoms with Crippen LogP contribution >= 0.6 is 0 Å². The van der Waals surface area contributed by atoms with E-state index in [-0.39, 0.29) is 0 Å². The van der Waals surface area contributed by atoms with E-state index in [9.17, 15) is 0 Å². The van der Waals surface area contributed by atoms with Crippen LogP contribution in [0.15, 0.2) is 24.3 Å². The summed E-state index contributed by atoms with van der Waals surface area (Å²) in [5.41, 5.74) is 1.13. The second kappa shape index (κ2) is 6.62. The van der Waals surface area contributed by atoms with Crippen LogP contribution in [0.1, 0.15) is 24.8 Å². The smallest absolute Gasteiger partial charge is 0.124 e. The molecule has 1 aromatic carbocycles. The number of methoxy groups -OCH3 is 1. The van der Waals surface area contributed by atoms with E-state index >= 15 is 0 Å². The number of rotatable bonds is 4. The maximum absolute atomic E-state index is 5.97. The Balaban J connectivity index is 1.87. The first-order valence-corrected chi connectivity index (χ1v) is 6.34. The van der Waals surface area contributed by atoms with Crippen LogP contribution in [0, 0.1) is 0 Å². The molecule has 0 saturated carbocycles. The second-order valence-corrected chi connectivity index (χ2v) is 4.43. The molecule has 94 valence electrons. The van der Waals surface area contributed by atoms with Crippen LogP contribution < -0.4 is 10.1 Å². The summed E-state index contributed by atoms with van der Waals surface area (Å²) in [6.07, 6.45) is 3.85. The fraction of sp³-hybridized carbons (Fsp3) is 0.571. The maximum atomic E-state index is 5.97. The van der Waals surface area contributed by atoms with Gasteiger partial charge in [-0.15, -0.1) is 0 Å². The summed E-state index contributed by atoms with van der Waals surface area (Å²) in [6, 6.07) is 8.05. The van der Waals surface area contributed by atoms with Crippen molar-refractivity contribution in [3.8, 4) is 5.75 Å². The highest BCUT2D eigenvalue weighted by molar-refractivity contribution is 5.32. The number of hydrogen-bond donors (Lipinski definition) is 1. The normalized spacial score (nSPS) is 20.9. The van der Waals surface area contributed by atoms with Gasteiger partial charge in [0.05, 0.1) is 19.8 Å². The van der Waals surface area contributed by atoms with E-state index in [1.807, 2.05) is 18.2 Å². The van der Waals surface area contributed by atoms with Crippen molar-refractivity contribution in [2.45, 2.75) is 32.0 Å². The Kier molecular flexibility index (Phi) is 4.83. The van der Waals surface area contributed by atoms with Crippen molar-refractivity contribution in [2.24, 2.45) is 0 Å². The van der Waals surface area contributed by atoms with Gasteiger partial charge >= 0.3 is 0 Å². The highest BCUT2D eigenvalue weighted by Crippen LogP contribution is 2.20. The Morgan fingerprint density at radius 1 is 1.24 bits per heavy atom. The molecule has 1 N–H and O–H groups in total. The van der Waals surface area contributed by atoms with E-state index in [0.717, 1.165) is 37.2 Å². The summed E-state index contributed by atoms with van der Waals surface area (Å²) in [5.74, 6) is 0.916. The van der Waals surface area contributed by atoms with E-state index in [4.69, 9.17) is 9.47 Å².